The lowest BCUT2D eigenvalue weighted by Gasteiger charge is -2.22. The second-order valence-electron chi connectivity index (χ2n) is 5.58. The van der Waals surface area contributed by atoms with Crippen molar-refractivity contribution in [2.24, 2.45) is 5.92 Å². The Morgan fingerprint density at radius 2 is 2.21 bits per heavy atom. The molecule has 104 valence electrons. The Hall–Kier alpha value is -1.35. The molecular formula is C16H23NO2. The van der Waals surface area contributed by atoms with Crippen molar-refractivity contribution in [1.29, 1.82) is 0 Å². The number of nitrogens with one attached hydrogen (secondary N) is 1. The van der Waals surface area contributed by atoms with Gasteiger partial charge in [-0.05, 0) is 36.3 Å². The smallest absolute Gasteiger partial charge is 0.224 e. The Balaban J connectivity index is 1.94. The highest BCUT2D eigenvalue weighted by Gasteiger charge is 2.18. The van der Waals surface area contributed by atoms with Gasteiger partial charge in [-0.1, -0.05) is 32.0 Å². The first kappa shape index (κ1) is 14.1. The monoisotopic (exact) mass is 261 g/mol. The summed E-state index contributed by atoms with van der Waals surface area (Å²) >= 11 is 0. The summed E-state index contributed by atoms with van der Waals surface area (Å²) in [6, 6.07) is 8.03. The minimum Gasteiger partial charge on any atom is -0.381 e. The van der Waals surface area contributed by atoms with E-state index in [2.05, 4.69) is 25.2 Å². The topological polar surface area (TPSA) is 38.3 Å². The van der Waals surface area contributed by atoms with Crippen LogP contribution in [-0.2, 0) is 9.53 Å². The molecule has 1 aromatic carbocycles. The summed E-state index contributed by atoms with van der Waals surface area (Å²) in [5, 5.41) is 3.04. The highest BCUT2D eigenvalue weighted by atomic mass is 16.5. The van der Waals surface area contributed by atoms with E-state index in [1.165, 1.54) is 5.56 Å². The van der Waals surface area contributed by atoms with Gasteiger partial charge in [0.05, 0.1) is 0 Å². The first-order valence-electron chi connectivity index (χ1n) is 7.13. The third-order valence-corrected chi connectivity index (χ3v) is 3.59. The summed E-state index contributed by atoms with van der Waals surface area (Å²) in [4.78, 5) is 12.1. The third-order valence-electron chi connectivity index (χ3n) is 3.59. The molecule has 1 aliphatic rings. The summed E-state index contributed by atoms with van der Waals surface area (Å²) in [5.41, 5.74) is 2.13. The Bertz CT molecular complexity index is 423. The fourth-order valence-electron chi connectivity index (χ4n) is 2.55. The fourth-order valence-corrected chi connectivity index (χ4v) is 2.55. The molecule has 1 fully saturated rings. The van der Waals surface area contributed by atoms with Crippen molar-refractivity contribution in [3.63, 3.8) is 0 Å². The maximum absolute atomic E-state index is 12.1. The van der Waals surface area contributed by atoms with Crippen molar-refractivity contribution in [3.8, 4) is 0 Å². The predicted molar refractivity (Wildman–Crippen MR) is 77.3 cm³/mol. The zero-order valence-electron chi connectivity index (χ0n) is 11.8. The van der Waals surface area contributed by atoms with Crippen molar-refractivity contribution in [1.82, 2.24) is 0 Å². The van der Waals surface area contributed by atoms with E-state index in [1.54, 1.807) is 0 Å². The van der Waals surface area contributed by atoms with E-state index in [0.29, 0.717) is 18.3 Å². The summed E-state index contributed by atoms with van der Waals surface area (Å²) in [6.07, 6.45) is 2.73. The molecule has 0 spiro atoms. The van der Waals surface area contributed by atoms with E-state index in [0.717, 1.165) is 31.7 Å². The van der Waals surface area contributed by atoms with Gasteiger partial charge in [0.2, 0.25) is 5.91 Å². The maximum atomic E-state index is 12.1. The SMILES string of the molecule is CC(C)c1ccccc1NC(=O)CC1CCCOC1. The van der Waals surface area contributed by atoms with Crippen molar-refractivity contribution in [3.05, 3.63) is 29.8 Å². The molecule has 0 aromatic heterocycles. The molecule has 1 atom stereocenters. The largest absolute Gasteiger partial charge is 0.381 e. The highest BCUT2D eigenvalue weighted by molar-refractivity contribution is 5.91. The van der Waals surface area contributed by atoms with E-state index >= 15 is 0 Å². The van der Waals surface area contributed by atoms with Gasteiger partial charge in [0, 0.05) is 25.3 Å². The number of carbonyl (C=O) groups is 1. The van der Waals surface area contributed by atoms with Crippen LogP contribution in [0.4, 0.5) is 5.69 Å². The van der Waals surface area contributed by atoms with Crippen LogP contribution in [0, 0.1) is 5.92 Å². The van der Waals surface area contributed by atoms with Crippen molar-refractivity contribution in [2.45, 2.75) is 39.0 Å². The van der Waals surface area contributed by atoms with E-state index in [4.69, 9.17) is 4.74 Å². The predicted octanol–water partition coefficient (Wildman–Crippen LogP) is 3.57. The van der Waals surface area contributed by atoms with Crippen LogP contribution in [0.25, 0.3) is 0 Å². The van der Waals surface area contributed by atoms with Gasteiger partial charge in [-0.25, -0.2) is 0 Å². The molecule has 3 heteroatoms. The van der Waals surface area contributed by atoms with Gasteiger partial charge in [-0.2, -0.15) is 0 Å². The molecule has 1 saturated heterocycles. The third kappa shape index (κ3) is 4.06. The van der Waals surface area contributed by atoms with E-state index in [1.807, 2.05) is 18.2 Å². The van der Waals surface area contributed by atoms with Crippen LogP contribution < -0.4 is 5.32 Å². The number of benzene rings is 1. The number of para-hydroxylation sites is 1. The summed E-state index contributed by atoms with van der Waals surface area (Å²) in [7, 11) is 0. The average Bonchev–Trinajstić information content (AvgIpc) is 2.40. The molecular weight excluding hydrogens is 238 g/mol. The highest BCUT2D eigenvalue weighted by Crippen LogP contribution is 2.24. The van der Waals surface area contributed by atoms with Gasteiger partial charge < -0.3 is 10.1 Å². The second-order valence-corrected chi connectivity index (χ2v) is 5.58. The van der Waals surface area contributed by atoms with Gasteiger partial charge >= 0.3 is 0 Å². The molecule has 3 nitrogen and oxygen atoms in total. The molecule has 0 aliphatic carbocycles. The number of amides is 1. The number of hydrogen-bond acceptors (Lipinski definition) is 2. The molecule has 1 N–H and O–H groups in total. The molecule has 0 bridgehead atoms. The molecule has 1 heterocycles. The van der Waals surface area contributed by atoms with Crippen LogP contribution in [0.2, 0.25) is 0 Å². The lowest BCUT2D eigenvalue weighted by atomic mass is 9.97. The minimum absolute atomic E-state index is 0.101. The lowest BCUT2D eigenvalue weighted by Crippen LogP contribution is -2.23. The van der Waals surface area contributed by atoms with E-state index in [-0.39, 0.29) is 5.91 Å². The minimum atomic E-state index is 0.101. The van der Waals surface area contributed by atoms with Gasteiger partial charge in [0.1, 0.15) is 0 Å². The lowest BCUT2D eigenvalue weighted by molar-refractivity contribution is -0.118. The number of anilines is 1. The van der Waals surface area contributed by atoms with Crippen LogP contribution in [0.1, 0.15) is 44.6 Å². The van der Waals surface area contributed by atoms with Crippen LogP contribution in [0.3, 0.4) is 0 Å². The van der Waals surface area contributed by atoms with E-state index in [9.17, 15) is 4.79 Å². The molecule has 1 aromatic rings. The van der Waals surface area contributed by atoms with Crippen LogP contribution in [-0.4, -0.2) is 19.1 Å². The molecule has 1 amide bonds. The second kappa shape index (κ2) is 6.71. The fraction of sp³-hybridized carbons (Fsp3) is 0.562. The zero-order chi connectivity index (χ0) is 13.7. The zero-order valence-corrected chi connectivity index (χ0v) is 11.8. The van der Waals surface area contributed by atoms with Crippen molar-refractivity contribution < 1.29 is 9.53 Å². The Morgan fingerprint density at radius 1 is 1.42 bits per heavy atom. The quantitative estimate of drug-likeness (QED) is 0.900. The Kier molecular flexibility index (Phi) is 4.97. The standard InChI is InChI=1S/C16H23NO2/c1-12(2)14-7-3-4-8-15(14)17-16(18)10-13-6-5-9-19-11-13/h3-4,7-8,12-13H,5-6,9-11H2,1-2H3,(H,17,18). The number of ether oxygens (including phenoxy) is 1. The Morgan fingerprint density at radius 3 is 2.89 bits per heavy atom. The molecule has 0 radical (unpaired) electrons. The maximum Gasteiger partial charge on any atom is 0.224 e. The van der Waals surface area contributed by atoms with Crippen molar-refractivity contribution >= 4 is 11.6 Å². The van der Waals surface area contributed by atoms with Crippen LogP contribution in [0.15, 0.2) is 24.3 Å². The Labute approximate surface area is 115 Å². The summed E-state index contributed by atoms with van der Waals surface area (Å²) in [5.74, 6) is 0.887. The molecule has 0 saturated carbocycles. The molecule has 1 unspecified atom stereocenters. The van der Waals surface area contributed by atoms with Crippen LogP contribution >= 0.6 is 0 Å². The van der Waals surface area contributed by atoms with Crippen LogP contribution in [0.5, 0.6) is 0 Å². The van der Waals surface area contributed by atoms with E-state index < -0.39 is 0 Å². The average molecular weight is 261 g/mol. The van der Waals surface area contributed by atoms with Gasteiger partial charge in [0.15, 0.2) is 0 Å². The number of rotatable bonds is 4. The molecule has 19 heavy (non-hydrogen) atoms. The number of carbonyl (C=O) groups excluding carboxylic acids is 1. The first-order valence-corrected chi connectivity index (χ1v) is 7.13. The van der Waals surface area contributed by atoms with Gasteiger partial charge in [-0.15, -0.1) is 0 Å². The van der Waals surface area contributed by atoms with Crippen molar-refractivity contribution in [2.75, 3.05) is 18.5 Å². The first-order chi connectivity index (χ1) is 9.16. The molecule has 1 aliphatic heterocycles. The summed E-state index contributed by atoms with van der Waals surface area (Å²) in [6.45, 7) is 5.84. The van der Waals surface area contributed by atoms with Gasteiger partial charge in [0.25, 0.3) is 0 Å². The summed E-state index contributed by atoms with van der Waals surface area (Å²) < 4.78 is 5.42. The normalized spacial score (nSPS) is 19.4. The van der Waals surface area contributed by atoms with Gasteiger partial charge in [-0.3, -0.25) is 4.79 Å². The number of hydrogen-bond donors (Lipinski definition) is 1. The molecule has 2 rings (SSSR count).